The van der Waals surface area contributed by atoms with Gasteiger partial charge in [-0.05, 0) is 13.3 Å². The van der Waals surface area contributed by atoms with E-state index in [4.69, 9.17) is 0 Å². The lowest BCUT2D eigenvalue weighted by Crippen LogP contribution is -2.44. The largest absolute Gasteiger partial charge is 0.374 e. The van der Waals surface area contributed by atoms with Crippen molar-refractivity contribution in [2.24, 2.45) is 5.10 Å². The number of hydrazone groups is 1. The zero-order valence-corrected chi connectivity index (χ0v) is 6.96. The SMILES string of the molecule is CCC1(O)C(=O)N(C)N=C1C. The van der Waals surface area contributed by atoms with Crippen LogP contribution in [-0.4, -0.2) is 34.4 Å². The standard InChI is InChI=1S/C7H12N2O2/c1-4-7(11)5(2)8-9(3)6(7)10/h11H,4H2,1-3H3. The van der Waals surface area contributed by atoms with Crippen molar-refractivity contribution in [3.05, 3.63) is 0 Å². The highest BCUT2D eigenvalue weighted by Crippen LogP contribution is 2.21. The van der Waals surface area contributed by atoms with Gasteiger partial charge in [-0.15, -0.1) is 0 Å². The summed E-state index contributed by atoms with van der Waals surface area (Å²) in [4.78, 5) is 11.2. The lowest BCUT2D eigenvalue weighted by Gasteiger charge is -2.18. The fourth-order valence-electron chi connectivity index (χ4n) is 1.18. The van der Waals surface area contributed by atoms with Gasteiger partial charge >= 0.3 is 0 Å². The summed E-state index contributed by atoms with van der Waals surface area (Å²) in [7, 11) is 1.54. The van der Waals surface area contributed by atoms with E-state index in [0.29, 0.717) is 12.1 Å². The predicted octanol–water partition coefficient (Wildman–Crippen LogP) is -0.0246. The molecular formula is C7H12N2O2. The van der Waals surface area contributed by atoms with Crippen molar-refractivity contribution in [1.82, 2.24) is 5.01 Å². The first-order valence-corrected chi connectivity index (χ1v) is 3.58. The van der Waals surface area contributed by atoms with Gasteiger partial charge in [0.1, 0.15) is 0 Å². The van der Waals surface area contributed by atoms with Crippen LogP contribution in [0.5, 0.6) is 0 Å². The van der Waals surface area contributed by atoms with E-state index in [9.17, 15) is 9.90 Å². The normalized spacial score (nSPS) is 31.1. The van der Waals surface area contributed by atoms with Crippen molar-refractivity contribution in [1.29, 1.82) is 0 Å². The van der Waals surface area contributed by atoms with Crippen LogP contribution in [0.1, 0.15) is 20.3 Å². The molecule has 1 atom stereocenters. The number of amides is 1. The van der Waals surface area contributed by atoms with Gasteiger partial charge in [-0.3, -0.25) is 4.79 Å². The average Bonchev–Trinajstić information content (AvgIpc) is 2.16. The van der Waals surface area contributed by atoms with Gasteiger partial charge in [0, 0.05) is 7.05 Å². The first-order valence-electron chi connectivity index (χ1n) is 3.58. The maximum Gasteiger partial charge on any atom is 0.280 e. The van der Waals surface area contributed by atoms with Gasteiger partial charge in [-0.1, -0.05) is 6.92 Å². The van der Waals surface area contributed by atoms with Gasteiger partial charge in [-0.2, -0.15) is 5.10 Å². The minimum atomic E-state index is -1.34. The summed E-state index contributed by atoms with van der Waals surface area (Å²) in [6, 6.07) is 0. The van der Waals surface area contributed by atoms with Gasteiger partial charge in [0.2, 0.25) is 0 Å². The highest BCUT2D eigenvalue weighted by atomic mass is 16.3. The Morgan fingerprint density at radius 2 is 2.27 bits per heavy atom. The van der Waals surface area contributed by atoms with Crippen LogP contribution in [-0.2, 0) is 4.79 Å². The van der Waals surface area contributed by atoms with Crippen molar-refractivity contribution in [3.63, 3.8) is 0 Å². The fraction of sp³-hybridized carbons (Fsp3) is 0.714. The fourth-order valence-corrected chi connectivity index (χ4v) is 1.18. The first-order chi connectivity index (χ1) is 5.02. The van der Waals surface area contributed by atoms with Gasteiger partial charge in [0.15, 0.2) is 5.60 Å². The highest BCUT2D eigenvalue weighted by molar-refractivity contribution is 6.13. The third kappa shape index (κ3) is 0.939. The minimum absolute atomic E-state index is 0.336. The molecule has 1 unspecified atom stereocenters. The van der Waals surface area contributed by atoms with Crippen LogP contribution in [0.25, 0.3) is 0 Å². The van der Waals surface area contributed by atoms with E-state index >= 15 is 0 Å². The molecule has 4 heteroatoms. The third-order valence-corrected chi connectivity index (χ3v) is 2.06. The number of carbonyl (C=O) groups is 1. The zero-order chi connectivity index (χ0) is 8.65. The summed E-state index contributed by atoms with van der Waals surface area (Å²) in [5, 5.41) is 14.7. The van der Waals surface area contributed by atoms with Crippen LogP contribution in [0.4, 0.5) is 0 Å². The number of aliphatic hydroxyl groups is 1. The number of nitrogens with zero attached hydrogens (tertiary/aromatic N) is 2. The van der Waals surface area contributed by atoms with Crippen LogP contribution in [0, 0.1) is 0 Å². The molecule has 0 aromatic carbocycles. The van der Waals surface area contributed by atoms with E-state index in [1.165, 1.54) is 5.01 Å². The smallest absolute Gasteiger partial charge is 0.280 e. The zero-order valence-electron chi connectivity index (χ0n) is 6.96. The number of hydrogen-bond donors (Lipinski definition) is 1. The molecule has 1 aliphatic rings. The Hall–Kier alpha value is -0.900. The molecule has 0 bridgehead atoms. The average molecular weight is 156 g/mol. The molecule has 1 heterocycles. The summed E-state index contributed by atoms with van der Waals surface area (Å²) >= 11 is 0. The molecule has 0 aliphatic carbocycles. The number of carbonyl (C=O) groups excluding carboxylic acids is 1. The van der Waals surface area contributed by atoms with E-state index in [-0.39, 0.29) is 5.91 Å². The van der Waals surface area contributed by atoms with Gasteiger partial charge in [-0.25, -0.2) is 5.01 Å². The molecule has 62 valence electrons. The van der Waals surface area contributed by atoms with Crippen molar-refractivity contribution >= 4 is 11.6 Å². The Morgan fingerprint density at radius 3 is 2.45 bits per heavy atom. The van der Waals surface area contributed by atoms with Gasteiger partial charge < -0.3 is 5.11 Å². The van der Waals surface area contributed by atoms with Crippen molar-refractivity contribution < 1.29 is 9.90 Å². The molecule has 0 fully saturated rings. The van der Waals surface area contributed by atoms with E-state index in [0.717, 1.165) is 0 Å². The lowest BCUT2D eigenvalue weighted by molar-refractivity contribution is -0.140. The molecule has 4 nitrogen and oxygen atoms in total. The van der Waals surface area contributed by atoms with Gasteiger partial charge in [0.25, 0.3) is 5.91 Å². The Bertz CT molecular complexity index is 224. The van der Waals surface area contributed by atoms with Crippen molar-refractivity contribution in [3.8, 4) is 0 Å². The molecule has 0 aromatic rings. The van der Waals surface area contributed by atoms with Crippen molar-refractivity contribution in [2.45, 2.75) is 25.9 Å². The van der Waals surface area contributed by atoms with Gasteiger partial charge in [0.05, 0.1) is 5.71 Å². The number of likely N-dealkylation sites (N-methyl/N-ethyl adjacent to an activating group) is 1. The maximum absolute atomic E-state index is 11.2. The summed E-state index contributed by atoms with van der Waals surface area (Å²) in [6.45, 7) is 3.42. The molecule has 1 N–H and O–H groups in total. The van der Waals surface area contributed by atoms with Crippen LogP contribution >= 0.6 is 0 Å². The van der Waals surface area contributed by atoms with E-state index in [1.807, 2.05) is 0 Å². The highest BCUT2D eigenvalue weighted by Gasteiger charge is 2.44. The quantitative estimate of drug-likeness (QED) is 0.580. The summed E-state index contributed by atoms with van der Waals surface area (Å²) in [5.74, 6) is -0.336. The molecule has 1 aliphatic heterocycles. The summed E-state index contributed by atoms with van der Waals surface area (Å²) in [6.07, 6.45) is 0.380. The maximum atomic E-state index is 11.2. The summed E-state index contributed by atoms with van der Waals surface area (Å²) < 4.78 is 0. The second-order valence-corrected chi connectivity index (χ2v) is 2.73. The second-order valence-electron chi connectivity index (χ2n) is 2.73. The number of hydrogen-bond acceptors (Lipinski definition) is 3. The van der Waals surface area contributed by atoms with Crippen LogP contribution in [0.3, 0.4) is 0 Å². The van der Waals surface area contributed by atoms with Crippen LogP contribution < -0.4 is 0 Å². The first kappa shape index (κ1) is 8.20. The summed E-state index contributed by atoms with van der Waals surface area (Å²) in [5.41, 5.74) is -0.859. The van der Waals surface area contributed by atoms with Crippen LogP contribution in [0.2, 0.25) is 0 Å². The van der Waals surface area contributed by atoms with Crippen molar-refractivity contribution in [2.75, 3.05) is 7.05 Å². The molecule has 1 rings (SSSR count). The minimum Gasteiger partial charge on any atom is -0.374 e. The second kappa shape index (κ2) is 2.30. The topological polar surface area (TPSA) is 52.9 Å². The molecule has 0 saturated carbocycles. The molecular weight excluding hydrogens is 144 g/mol. The van der Waals surface area contributed by atoms with E-state index in [1.54, 1.807) is 20.9 Å². The molecule has 11 heavy (non-hydrogen) atoms. The lowest BCUT2D eigenvalue weighted by atomic mass is 9.96. The molecule has 0 radical (unpaired) electrons. The Balaban J connectivity index is 3.00. The Morgan fingerprint density at radius 1 is 1.73 bits per heavy atom. The van der Waals surface area contributed by atoms with Crippen LogP contribution in [0.15, 0.2) is 5.10 Å². The Kier molecular flexibility index (Phi) is 1.72. The molecule has 1 amide bonds. The van der Waals surface area contributed by atoms with E-state index in [2.05, 4.69) is 5.10 Å². The molecule has 0 spiro atoms. The van der Waals surface area contributed by atoms with E-state index < -0.39 is 5.60 Å². The predicted molar refractivity (Wildman–Crippen MR) is 41.1 cm³/mol. The molecule has 0 aromatic heterocycles. The Labute approximate surface area is 65.5 Å². The number of rotatable bonds is 1. The monoisotopic (exact) mass is 156 g/mol. The third-order valence-electron chi connectivity index (χ3n) is 2.06. The molecule has 0 saturated heterocycles.